The topological polar surface area (TPSA) is 109 Å². The molecule has 0 atom stereocenters. The van der Waals surface area contributed by atoms with Gasteiger partial charge >= 0.3 is 0 Å². The maximum absolute atomic E-state index is 12.5. The Labute approximate surface area is 208 Å². The first-order valence-electron chi connectivity index (χ1n) is 12.6. The molecule has 2 aliphatic carbocycles. The second-order valence-electron chi connectivity index (χ2n) is 10.2. The first-order valence-corrected chi connectivity index (χ1v) is 12.6. The number of hydrogen-bond donors (Lipinski definition) is 2. The molecule has 1 amide bonds. The number of nitrogens with one attached hydrogen (secondary N) is 1. The number of ether oxygens (including phenoxy) is 1. The molecule has 0 bridgehead atoms. The van der Waals surface area contributed by atoms with Crippen molar-refractivity contribution in [2.24, 2.45) is 5.92 Å². The SMILES string of the molecule is COc1cc2[nH]nc(-c3cnn(C4CN(C(=O)C5CC(O)C5)C4)c3)c2nc1-c1cccc2c1CCC2. The van der Waals surface area contributed by atoms with E-state index in [9.17, 15) is 9.90 Å². The number of aryl methyl sites for hydroxylation is 1. The van der Waals surface area contributed by atoms with Gasteiger partial charge in [0.05, 0.1) is 31.0 Å². The van der Waals surface area contributed by atoms with Crippen LogP contribution in [0.3, 0.4) is 0 Å². The molecule has 1 aromatic carbocycles. The lowest BCUT2D eigenvalue weighted by Gasteiger charge is -2.43. The van der Waals surface area contributed by atoms with E-state index >= 15 is 0 Å². The van der Waals surface area contributed by atoms with Gasteiger partial charge < -0.3 is 14.7 Å². The van der Waals surface area contributed by atoms with Crippen molar-refractivity contribution in [3.63, 3.8) is 0 Å². The predicted octanol–water partition coefficient (Wildman–Crippen LogP) is 3.14. The quantitative estimate of drug-likeness (QED) is 0.451. The third-order valence-corrected chi connectivity index (χ3v) is 8.01. The normalized spacial score (nSPS) is 21.3. The minimum Gasteiger partial charge on any atom is -0.494 e. The molecule has 0 spiro atoms. The highest BCUT2D eigenvalue weighted by molar-refractivity contribution is 5.93. The van der Waals surface area contributed by atoms with Crippen molar-refractivity contribution < 1.29 is 14.6 Å². The summed E-state index contributed by atoms with van der Waals surface area (Å²) in [7, 11) is 1.68. The smallest absolute Gasteiger partial charge is 0.226 e. The molecular formula is C27H28N6O3. The molecule has 3 aliphatic rings. The second kappa shape index (κ2) is 8.16. The van der Waals surface area contributed by atoms with Gasteiger partial charge in [-0.3, -0.25) is 14.6 Å². The molecule has 36 heavy (non-hydrogen) atoms. The molecule has 4 heterocycles. The number of rotatable bonds is 5. The van der Waals surface area contributed by atoms with Gasteiger partial charge in [0.1, 0.15) is 22.7 Å². The van der Waals surface area contributed by atoms with Crippen LogP contribution in [0.25, 0.3) is 33.5 Å². The second-order valence-corrected chi connectivity index (χ2v) is 10.2. The fourth-order valence-electron chi connectivity index (χ4n) is 5.83. The zero-order valence-electron chi connectivity index (χ0n) is 20.1. The Morgan fingerprint density at radius 2 is 2.06 bits per heavy atom. The molecule has 0 radical (unpaired) electrons. The van der Waals surface area contributed by atoms with Crippen LogP contribution in [0, 0.1) is 5.92 Å². The minimum absolute atomic E-state index is 0.0207. The summed E-state index contributed by atoms with van der Waals surface area (Å²) in [4.78, 5) is 19.4. The molecule has 1 saturated carbocycles. The Bertz CT molecular complexity index is 1480. The highest BCUT2D eigenvalue weighted by atomic mass is 16.5. The van der Waals surface area contributed by atoms with Gasteiger partial charge in [-0.05, 0) is 43.2 Å². The molecule has 1 saturated heterocycles. The average Bonchev–Trinajstić information content (AvgIpc) is 3.59. The number of aromatic amines is 1. The first-order chi connectivity index (χ1) is 17.6. The molecule has 2 N–H and O–H groups in total. The molecule has 9 nitrogen and oxygen atoms in total. The number of H-pyrrole nitrogens is 1. The van der Waals surface area contributed by atoms with Crippen molar-refractivity contribution in [1.29, 1.82) is 0 Å². The third kappa shape index (κ3) is 3.33. The summed E-state index contributed by atoms with van der Waals surface area (Å²) >= 11 is 0. The Morgan fingerprint density at radius 3 is 2.86 bits per heavy atom. The number of aromatic nitrogens is 5. The standard InChI is InChI=1S/C27H28N6O3/c1-36-23-10-22-26(29-25(23)21-7-3-5-15-4-2-6-20(15)21)24(31-30-22)17-11-28-33(12-17)18-13-32(14-18)27(35)16-8-19(34)9-16/h3,5,7,10-12,16,18-19,34H,2,4,6,8-9,13-14H2,1H3,(H,30,31). The van der Waals surface area contributed by atoms with E-state index in [2.05, 4.69) is 33.5 Å². The summed E-state index contributed by atoms with van der Waals surface area (Å²) in [5.41, 5.74) is 7.97. The minimum atomic E-state index is -0.315. The molecule has 4 aromatic rings. The first kappa shape index (κ1) is 21.6. The molecule has 184 valence electrons. The van der Waals surface area contributed by atoms with Crippen LogP contribution in [-0.2, 0) is 17.6 Å². The summed E-state index contributed by atoms with van der Waals surface area (Å²) in [6, 6.07) is 8.56. The Balaban J connectivity index is 1.17. The summed E-state index contributed by atoms with van der Waals surface area (Å²) in [6.45, 7) is 1.29. The van der Waals surface area contributed by atoms with Crippen LogP contribution in [-0.4, -0.2) is 67.2 Å². The van der Waals surface area contributed by atoms with Crippen LogP contribution in [0.5, 0.6) is 5.75 Å². The van der Waals surface area contributed by atoms with Crippen LogP contribution in [0.2, 0.25) is 0 Å². The highest BCUT2D eigenvalue weighted by Crippen LogP contribution is 2.39. The summed E-state index contributed by atoms with van der Waals surface area (Å²) < 4.78 is 7.65. The number of methoxy groups -OCH3 is 1. The third-order valence-electron chi connectivity index (χ3n) is 8.01. The van der Waals surface area contributed by atoms with Crippen molar-refractivity contribution >= 4 is 16.9 Å². The fourth-order valence-corrected chi connectivity index (χ4v) is 5.83. The average molecular weight is 485 g/mol. The Kier molecular flexibility index (Phi) is 4.89. The van der Waals surface area contributed by atoms with Crippen LogP contribution in [0.1, 0.15) is 36.4 Å². The summed E-state index contributed by atoms with van der Waals surface area (Å²) in [5.74, 6) is 0.861. The number of nitrogens with zero attached hydrogens (tertiary/aromatic N) is 5. The van der Waals surface area contributed by atoms with Crippen LogP contribution >= 0.6 is 0 Å². The van der Waals surface area contributed by atoms with Crippen LogP contribution in [0.4, 0.5) is 0 Å². The number of hydrogen-bond acceptors (Lipinski definition) is 6. The summed E-state index contributed by atoms with van der Waals surface area (Å²) in [6.07, 6.45) is 7.99. The zero-order valence-corrected chi connectivity index (χ0v) is 20.1. The van der Waals surface area contributed by atoms with Gasteiger partial charge in [-0.25, -0.2) is 4.98 Å². The molecule has 0 unspecified atom stereocenters. The van der Waals surface area contributed by atoms with Crippen LogP contribution in [0.15, 0.2) is 36.7 Å². The van der Waals surface area contributed by atoms with Gasteiger partial charge in [0.2, 0.25) is 5.91 Å². The van der Waals surface area contributed by atoms with Crippen molar-refractivity contribution in [2.45, 2.75) is 44.2 Å². The van der Waals surface area contributed by atoms with Gasteiger partial charge in [0, 0.05) is 42.4 Å². The Hall–Kier alpha value is -3.72. The molecule has 2 fully saturated rings. The number of pyridine rings is 1. The van der Waals surface area contributed by atoms with Gasteiger partial charge in [0.25, 0.3) is 0 Å². The number of carbonyl (C=O) groups is 1. The lowest BCUT2D eigenvalue weighted by Crippen LogP contribution is -2.55. The lowest BCUT2D eigenvalue weighted by molar-refractivity contribution is -0.148. The number of aliphatic hydroxyl groups excluding tert-OH is 1. The van der Waals surface area contributed by atoms with E-state index in [0.29, 0.717) is 25.9 Å². The fraction of sp³-hybridized carbons (Fsp3) is 0.407. The van der Waals surface area contributed by atoms with Gasteiger partial charge in [-0.2, -0.15) is 10.2 Å². The molecule has 7 rings (SSSR count). The van der Waals surface area contributed by atoms with E-state index in [1.54, 1.807) is 7.11 Å². The highest BCUT2D eigenvalue weighted by Gasteiger charge is 2.41. The maximum Gasteiger partial charge on any atom is 0.226 e. The largest absolute Gasteiger partial charge is 0.494 e. The van der Waals surface area contributed by atoms with Gasteiger partial charge in [-0.1, -0.05) is 18.2 Å². The molecule has 9 heteroatoms. The number of likely N-dealkylation sites (tertiary alicyclic amines) is 1. The lowest BCUT2D eigenvalue weighted by atomic mass is 9.81. The van der Waals surface area contributed by atoms with Gasteiger partial charge in [0.15, 0.2) is 0 Å². The number of aliphatic hydroxyl groups is 1. The maximum atomic E-state index is 12.5. The van der Waals surface area contributed by atoms with E-state index in [0.717, 1.165) is 52.1 Å². The van der Waals surface area contributed by atoms with Crippen molar-refractivity contribution in [3.05, 3.63) is 47.8 Å². The zero-order chi connectivity index (χ0) is 24.4. The van der Waals surface area contributed by atoms with E-state index in [1.807, 2.05) is 28.0 Å². The molecule has 1 aliphatic heterocycles. The molecular weight excluding hydrogens is 456 g/mol. The van der Waals surface area contributed by atoms with E-state index in [4.69, 9.17) is 9.72 Å². The van der Waals surface area contributed by atoms with Crippen molar-refractivity contribution in [1.82, 2.24) is 29.9 Å². The van der Waals surface area contributed by atoms with Crippen molar-refractivity contribution in [3.8, 4) is 28.3 Å². The van der Waals surface area contributed by atoms with E-state index < -0.39 is 0 Å². The Morgan fingerprint density at radius 1 is 1.19 bits per heavy atom. The number of benzene rings is 1. The van der Waals surface area contributed by atoms with Crippen molar-refractivity contribution in [2.75, 3.05) is 20.2 Å². The number of carbonyl (C=O) groups excluding carboxylic acids is 1. The number of fused-ring (bicyclic) bond motifs is 2. The predicted molar refractivity (Wildman–Crippen MR) is 133 cm³/mol. The van der Waals surface area contributed by atoms with Crippen LogP contribution < -0.4 is 4.74 Å². The van der Waals surface area contributed by atoms with E-state index in [1.165, 1.54) is 17.5 Å². The van der Waals surface area contributed by atoms with E-state index in [-0.39, 0.29) is 24.0 Å². The van der Waals surface area contributed by atoms with Gasteiger partial charge in [-0.15, -0.1) is 0 Å². The molecule has 3 aromatic heterocycles. The number of amides is 1. The summed E-state index contributed by atoms with van der Waals surface area (Å²) in [5, 5.41) is 21.7. The monoisotopic (exact) mass is 484 g/mol.